The number of H-pyrrole nitrogens is 1. The van der Waals surface area contributed by atoms with E-state index in [1.165, 1.54) is 5.38 Å². The third-order valence-corrected chi connectivity index (χ3v) is 3.57. The zero-order valence-electron chi connectivity index (χ0n) is 9.45. The van der Waals surface area contributed by atoms with Gasteiger partial charge < -0.3 is 10.1 Å². The van der Waals surface area contributed by atoms with Crippen LogP contribution in [0.1, 0.15) is 9.67 Å². The van der Waals surface area contributed by atoms with Crippen LogP contribution in [0.5, 0.6) is 0 Å². The molecule has 0 aliphatic heterocycles. The molecule has 0 atom stereocenters. The highest BCUT2D eigenvalue weighted by Crippen LogP contribution is 2.23. The fourth-order valence-electron chi connectivity index (χ4n) is 1.74. The number of pyridine rings is 1. The smallest absolute Gasteiger partial charge is 0.348 e. The number of rotatable bonds is 2. The van der Waals surface area contributed by atoms with Crippen molar-refractivity contribution in [3.63, 3.8) is 0 Å². The lowest BCUT2D eigenvalue weighted by molar-refractivity contribution is 0.0704. The molecule has 3 aromatic heterocycles. The second kappa shape index (κ2) is 4.29. The summed E-state index contributed by atoms with van der Waals surface area (Å²) in [7, 11) is 0. The standard InChI is InChI=1S/C12H7N3O3S/c16-11-7-5-19-9(12(17)18)8(7)14-10(15-11)6-1-3-13-4-2-6/h1-5H,(H,17,18)(H,14,15,16). The Balaban J connectivity index is 2.32. The molecule has 3 rings (SSSR count). The highest BCUT2D eigenvalue weighted by atomic mass is 32.1. The number of aromatic nitrogens is 3. The molecular formula is C12H7N3O3S. The van der Waals surface area contributed by atoms with Crippen LogP contribution in [-0.4, -0.2) is 26.0 Å². The van der Waals surface area contributed by atoms with E-state index in [1.54, 1.807) is 24.5 Å². The van der Waals surface area contributed by atoms with Crippen molar-refractivity contribution >= 4 is 28.2 Å². The molecule has 19 heavy (non-hydrogen) atoms. The number of fused-ring (bicyclic) bond motifs is 1. The van der Waals surface area contributed by atoms with Gasteiger partial charge in [0.15, 0.2) is 0 Å². The molecule has 6 nitrogen and oxygen atoms in total. The molecule has 0 amide bonds. The van der Waals surface area contributed by atoms with Gasteiger partial charge in [0.25, 0.3) is 5.56 Å². The zero-order valence-corrected chi connectivity index (χ0v) is 10.3. The van der Waals surface area contributed by atoms with Gasteiger partial charge in [0.05, 0.1) is 5.39 Å². The van der Waals surface area contributed by atoms with Gasteiger partial charge in [0, 0.05) is 23.3 Å². The SMILES string of the molecule is O=C(O)c1scc2c(=O)[nH]c(-c3ccncc3)nc12. The van der Waals surface area contributed by atoms with Gasteiger partial charge in [0.2, 0.25) is 0 Å². The first-order valence-electron chi connectivity index (χ1n) is 5.32. The van der Waals surface area contributed by atoms with E-state index >= 15 is 0 Å². The normalized spacial score (nSPS) is 10.7. The van der Waals surface area contributed by atoms with Crippen molar-refractivity contribution in [3.8, 4) is 11.4 Å². The summed E-state index contributed by atoms with van der Waals surface area (Å²) in [4.78, 5) is 33.8. The van der Waals surface area contributed by atoms with Crippen LogP contribution in [0.25, 0.3) is 22.3 Å². The van der Waals surface area contributed by atoms with E-state index in [-0.39, 0.29) is 16.0 Å². The minimum Gasteiger partial charge on any atom is -0.477 e. The van der Waals surface area contributed by atoms with E-state index in [9.17, 15) is 9.59 Å². The van der Waals surface area contributed by atoms with Crippen LogP contribution in [-0.2, 0) is 0 Å². The van der Waals surface area contributed by atoms with E-state index in [0.29, 0.717) is 16.8 Å². The first kappa shape index (κ1) is 11.5. The van der Waals surface area contributed by atoms with Crippen LogP contribution in [0.15, 0.2) is 34.7 Å². The Hall–Kier alpha value is -2.54. The molecular weight excluding hydrogens is 266 g/mol. The number of aromatic amines is 1. The Morgan fingerprint density at radius 2 is 2.05 bits per heavy atom. The second-order valence-electron chi connectivity index (χ2n) is 3.78. The number of nitrogens with one attached hydrogen (secondary N) is 1. The van der Waals surface area contributed by atoms with E-state index in [1.807, 2.05) is 0 Å². The summed E-state index contributed by atoms with van der Waals surface area (Å²) >= 11 is 0.995. The molecule has 0 unspecified atom stereocenters. The van der Waals surface area contributed by atoms with Crippen molar-refractivity contribution in [2.75, 3.05) is 0 Å². The van der Waals surface area contributed by atoms with Crippen molar-refractivity contribution < 1.29 is 9.90 Å². The molecule has 94 valence electrons. The maximum atomic E-state index is 11.9. The predicted octanol–water partition coefficient (Wildman–Crippen LogP) is 1.74. The minimum atomic E-state index is -1.08. The predicted molar refractivity (Wildman–Crippen MR) is 70.4 cm³/mol. The topological polar surface area (TPSA) is 95.9 Å². The molecule has 0 fully saturated rings. The van der Waals surface area contributed by atoms with Crippen LogP contribution in [0.4, 0.5) is 0 Å². The van der Waals surface area contributed by atoms with Crippen LogP contribution in [0.2, 0.25) is 0 Å². The van der Waals surface area contributed by atoms with Gasteiger partial charge in [-0.05, 0) is 12.1 Å². The summed E-state index contributed by atoms with van der Waals surface area (Å²) in [5.41, 5.74) is 0.546. The van der Waals surface area contributed by atoms with Gasteiger partial charge in [-0.25, -0.2) is 9.78 Å². The Labute approximate surface area is 110 Å². The van der Waals surface area contributed by atoms with Gasteiger partial charge >= 0.3 is 5.97 Å². The summed E-state index contributed by atoms with van der Waals surface area (Å²) in [6.45, 7) is 0. The first-order valence-corrected chi connectivity index (χ1v) is 6.20. The molecule has 2 N–H and O–H groups in total. The number of thiophene rings is 1. The number of carboxylic acids is 1. The Kier molecular flexibility index (Phi) is 2.60. The van der Waals surface area contributed by atoms with Crippen molar-refractivity contribution in [1.29, 1.82) is 0 Å². The molecule has 0 bridgehead atoms. The highest BCUT2D eigenvalue weighted by Gasteiger charge is 2.16. The third-order valence-electron chi connectivity index (χ3n) is 2.61. The molecule has 0 aliphatic carbocycles. The van der Waals surface area contributed by atoms with Crippen LogP contribution < -0.4 is 5.56 Å². The average Bonchev–Trinajstić information content (AvgIpc) is 2.84. The van der Waals surface area contributed by atoms with E-state index in [0.717, 1.165) is 11.3 Å². The van der Waals surface area contributed by atoms with E-state index in [4.69, 9.17) is 5.11 Å². The average molecular weight is 273 g/mol. The van der Waals surface area contributed by atoms with E-state index in [2.05, 4.69) is 15.0 Å². The number of nitrogens with zero attached hydrogens (tertiary/aromatic N) is 2. The number of aromatic carboxylic acids is 1. The largest absolute Gasteiger partial charge is 0.477 e. The molecule has 0 saturated carbocycles. The zero-order chi connectivity index (χ0) is 13.4. The molecule has 0 aromatic carbocycles. The van der Waals surface area contributed by atoms with Gasteiger partial charge in [-0.15, -0.1) is 11.3 Å². The fraction of sp³-hybridized carbons (Fsp3) is 0. The molecule has 3 heterocycles. The molecule has 0 aliphatic rings. The van der Waals surface area contributed by atoms with Crippen molar-refractivity contribution in [3.05, 3.63) is 45.1 Å². The number of carboxylic acid groups (broad SMARTS) is 1. The second-order valence-corrected chi connectivity index (χ2v) is 4.66. The third kappa shape index (κ3) is 1.89. The van der Waals surface area contributed by atoms with Crippen molar-refractivity contribution in [2.24, 2.45) is 0 Å². The number of hydrogen-bond acceptors (Lipinski definition) is 5. The molecule has 0 saturated heterocycles. The number of hydrogen-bond donors (Lipinski definition) is 2. The van der Waals surface area contributed by atoms with E-state index < -0.39 is 5.97 Å². The molecule has 3 aromatic rings. The lowest BCUT2D eigenvalue weighted by Gasteiger charge is -2.00. The first-order chi connectivity index (χ1) is 9.16. The van der Waals surface area contributed by atoms with Crippen LogP contribution >= 0.6 is 11.3 Å². The van der Waals surface area contributed by atoms with Gasteiger partial charge in [-0.1, -0.05) is 0 Å². The summed E-state index contributed by atoms with van der Waals surface area (Å²) in [5.74, 6) is -0.750. The van der Waals surface area contributed by atoms with Gasteiger partial charge in [-0.2, -0.15) is 0 Å². The Morgan fingerprint density at radius 3 is 2.74 bits per heavy atom. The Morgan fingerprint density at radius 1 is 1.32 bits per heavy atom. The summed E-state index contributed by atoms with van der Waals surface area (Å²) in [6, 6.07) is 3.38. The van der Waals surface area contributed by atoms with Gasteiger partial charge in [0.1, 0.15) is 16.2 Å². The molecule has 7 heteroatoms. The van der Waals surface area contributed by atoms with Gasteiger partial charge in [-0.3, -0.25) is 9.78 Å². The molecule has 0 spiro atoms. The molecule has 0 radical (unpaired) electrons. The highest BCUT2D eigenvalue weighted by molar-refractivity contribution is 7.13. The van der Waals surface area contributed by atoms with Crippen molar-refractivity contribution in [1.82, 2.24) is 15.0 Å². The summed E-state index contributed by atoms with van der Waals surface area (Å²) in [5, 5.41) is 10.9. The quantitative estimate of drug-likeness (QED) is 0.741. The lowest BCUT2D eigenvalue weighted by Crippen LogP contribution is -2.09. The summed E-state index contributed by atoms with van der Waals surface area (Å²) in [6.07, 6.45) is 3.15. The lowest BCUT2D eigenvalue weighted by atomic mass is 10.2. The Bertz CT molecular complexity index is 823. The monoisotopic (exact) mass is 273 g/mol. The fourth-order valence-corrected chi connectivity index (χ4v) is 2.56. The maximum absolute atomic E-state index is 11.9. The van der Waals surface area contributed by atoms with Crippen molar-refractivity contribution in [2.45, 2.75) is 0 Å². The maximum Gasteiger partial charge on any atom is 0.348 e. The van der Waals surface area contributed by atoms with Crippen LogP contribution in [0, 0.1) is 0 Å². The minimum absolute atomic E-state index is 0.0661. The number of carbonyl (C=O) groups is 1. The summed E-state index contributed by atoms with van der Waals surface area (Å²) < 4.78 is 0. The van der Waals surface area contributed by atoms with Crippen LogP contribution in [0.3, 0.4) is 0 Å².